The zero-order valence-electron chi connectivity index (χ0n) is 17.3. The van der Waals surface area contributed by atoms with Crippen LogP contribution in [0.15, 0.2) is 12.2 Å². The fourth-order valence-corrected chi connectivity index (χ4v) is 9.69. The Morgan fingerprint density at radius 1 is 1.07 bits per heavy atom. The third kappa shape index (κ3) is 2.81. The molecule has 5 fully saturated rings. The number of carbonyl (C=O) groups is 1. The quantitative estimate of drug-likeness (QED) is 0.658. The van der Waals surface area contributed by atoms with Crippen LogP contribution in [0.25, 0.3) is 0 Å². The lowest BCUT2D eigenvalue weighted by molar-refractivity contribution is -0.135. The first kappa shape index (κ1) is 18.7. The molecule has 0 amide bonds. The molecule has 1 saturated heterocycles. The summed E-state index contributed by atoms with van der Waals surface area (Å²) < 4.78 is 0. The van der Waals surface area contributed by atoms with Gasteiger partial charge in [-0.2, -0.15) is 11.8 Å². The van der Waals surface area contributed by atoms with Crippen molar-refractivity contribution in [2.45, 2.75) is 82.1 Å². The Morgan fingerprint density at radius 2 is 1.93 bits per heavy atom. The van der Waals surface area contributed by atoms with E-state index in [1.807, 2.05) is 0 Å². The van der Waals surface area contributed by atoms with Gasteiger partial charge in [0.25, 0.3) is 0 Å². The number of fused-ring (bicyclic) bond motifs is 5. The van der Waals surface area contributed by atoms with Crippen LogP contribution in [-0.2, 0) is 4.79 Å². The third-order valence-electron chi connectivity index (χ3n) is 9.68. The van der Waals surface area contributed by atoms with E-state index in [0.717, 1.165) is 47.5 Å². The molecule has 4 saturated carbocycles. The number of ketones is 1. The van der Waals surface area contributed by atoms with Gasteiger partial charge in [0, 0.05) is 28.9 Å². The minimum Gasteiger partial charge on any atom is -0.316 e. The van der Waals surface area contributed by atoms with Crippen molar-refractivity contribution in [2.75, 3.05) is 13.1 Å². The Balaban J connectivity index is 1.35. The van der Waals surface area contributed by atoms with Gasteiger partial charge in [-0.05, 0) is 87.0 Å². The highest BCUT2D eigenvalue weighted by atomic mass is 32.2. The average Bonchev–Trinajstić information content (AvgIpc) is 3.25. The predicted octanol–water partition coefficient (Wildman–Crippen LogP) is 5.23. The van der Waals surface area contributed by atoms with Crippen LogP contribution in [0.5, 0.6) is 0 Å². The first-order valence-corrected chi connectivity index (χ1v) is 12.4. The van der Waals surface area contributed by atoms with E-state index in [4.69, 9.17) is 0 Å². The number of nitrogens with one attached hydrogen (secondary N) is 1. The number of allylic oxidation sites excluding steroid dienone is 1. The van der Waals surface area contributed by atoms with Gasteiger partial charge in [0.05, 0.1) is 0 Å². The van der Waals surface area contributed by atoms with Crippen molar-refractivity contribution < 1.29 is 4.79 Å². The van der Waals surface area contributed by atoms with Crippen LogP contribution in [0.2, 0.25) is 0 Å². The van der Waals surface area contributed by atoms with Crippen LogP contribution in [0.3, 0.4) is 0 Å². The third-order valence-corrected chi connectivity index (χ3v) is 11.3. The SMILES string of the molecule is C=C1C[C@@H]2[C@@H](CC[C@]3(C)C(=O)CC[C@@H]23)[C@@]2(C)CCC(S[C@@H]3CCNC3)CC12. The second-order valence-corrected chi connectivity index (χ2v) is 12.5. The Bertz CT molecular complexity index is 640. The number of carbonyl (C=O) groups excluding carboxylic acids is 1. The van der Waals surface area contributed by atoms with Crippen molar-refractivity contribution in [3.8, 4) is 0 Å². The second-order valence-electron chi connectivity index (χ2n) is 10.9. The molecule has 5 aliphatic rings. The minimum absolute atomic E-state index is 0.00678. The number of Topliss-reactive ketones (excluding diaryl/α,β-unsaturated/α-hetero) is 1. The van der Waals surface area contributed by atoms with E-state index in [0.29, 0.717) is 17.1 Å². The fraction of sp³-hybridized carbons (Fsp3) is 0.875. The molecule has 0 spiro atoms. The minimum atomic E-state index is -0.00678. The van der Waals surface area contributed by atoms with E-state index in [9.17, 15) is 4.79 Å². The lowest BCUT2D eigenvalue weighted by Gasteiger charge is -2.61. The normalized spacial score (nSPS) is 52.4. The monoisotopic (exact) mass is 387 g/mol. The maximum atomic E-state index is 12.6. The molecule has 1 heterocycles. The number of rotatable bonds is 2. The molecule has 1 N–H and O–H groups in total. The molecule has 0 aromatic carbocycles. The molecule has 0 bridgehead atoms. The standard InChI is InChI=1S/C24H37NOS/c1-15-12-18-19-4-5-22(26)24(19,3)10-7-20(18)23(2)9-6-16(13-21(15)23)27-17-8-11-25-14-17/h16-21,25H,1,4-14H2,2-3H3/t16?,17-,18+,19+,20-,21?,23-,24+/m1/s1. The van der Waals surface area contributed by atoms with Crippen molar-refractivity contribution in [1.82, 2.24) is 5.32 Å². The maximum absolute atomic E-state index is 12.6. The van der Waals surface area contributed by atoms with Gasteiger partial charge in [0.15, 0.2) is 0 Å². The largest absolute Gasteiger partial charge is 0.316 e. The number of hydrogen-bond acceptors (Lipinski definition) is 3. The topological polar surface area (TPSA) is 29.1 Å². The summed E-state index contributed by atoms with van der Waals surface area (Å²) in [4.78, 5) is 12.6. The van der Waals surface area contributed by atoms with E-state index in [2.05, 4.69) is 37.5 Å². The van der Waals surface area contributed by atoms with Crippen molar-refractivity contribution in [3.05, 3.63) is 12.2 Å². The fourth-order valence-electron chi connectivity index (χ4n) is 8.12. The van der Waals surface area contributed by atoms with Crippen molar-refractivity contribution in [3.63, 3.8) is 0 Å². The lowest BCUT2D eigenvalue weighted by atomic mass is 9.44. The molecule has 8 atom stereocenters. The molecular weight excluding hydrogens is 350 g/mol. The van der Waals surface area contributed by atoms with Gasteiger partial charge < -0.3 is 5.32 Å². The van der Waals surface area contributed by atoms with Crippen LogP contribution >= 0.6 is 11.8 Å². The summed E-state index contributed by atoms with van der Waals surface area (Å²) in [6, 6.07) is 0. The van der Waals surface area contributed by atoms with Gasteiger partial charge in [-0.25, -0.2) is 0 Å². The molecule has 2 unspecified atom stereocenters. The molecule has 2 nitrogen and oxygen atoms in total. The van der Waals surface area contributed by atoms with Gasteiger partial charge in [-0.1, -0.05) is 26.0 Å². The van der Waals surface area contributed by atoms with Crippen molar-refractivity contribution in [2.24, 2.45) is 34.5 Å². The second kappa shape index (κ2) is 6.62. The van der Waals surface area contributed by atoms with Gasteiger partial charge in [0.2, 0.25) is 0 Å². The molecule has 4 aliphatic carbocycles. The first-order chi connectivity index (χ1) is 12.9. The van der Waals surface area contributed by atoms with E-state index < -0.39 is 0 Å². The summed E-state index contributed by atoms with van der Waals surface area (Å²) in [7, 11) is 0. The smallest absolute Gasteiger partial charge is 0.139 e. The zero-order valence-corrected chi connectivity index (χ0v) is 18.1. The summed E-state index contributed by atoms with van der Waals surface area (Å²) in [5.74, 6) is 3.48. The summed E-state index contributed by atoms with van der Waals surface area (Å²) in [6.45, 7) is 12.0. The highest BCUT2D eigenvalue weighted by Crippen LogP contribution is 2.66. The first-order valence-electron chi connectivity index (χ1n) is 11.5. The van der Waals surface area contributed by atoms with Gasteiger partial charge in [0.1, 0.15) is 5.78 Å². The summed E-state index contributed by atoms with van der Waals surface area (Å²) in [5, 5.41) is 5.21. The lowest BCUT2D eigenvalue weighted by Crippen LogP contribution is -2.54. The van der Waals surface area contributed by atoms with Gasteiger partial charge in [-0.3, -0.25) is 4.79 Å². The van der Waals surface area contributed by atoms with Crippen LogP contribution in [-0.4, -0.2) is 29.4 Å². The van der Waals surface area contributed by atoms with E-state index >= 15 is 0 Å². The van der Waals surface area contributed by atoms with Crippen LogP contribution < -0.4 is 5.32 Å². The molecular formula is C24H37NOS. The van der Waals surface area contributed by atoms with Crippen molar-refractivity contribution in [1.29, 1.82) is 0 Å². The summed E-state index contributed by atoms with van der Waals surface area (Å²) >= 11 is 2.28. The molecule has 27 heavy (non-hydrogen) atoms. The maximum Gasteiger partial charge on any atom is 0.139 e. The summed E-state index contributed by atoms with van der Waals surface area (Å²) in [6.07, 6.45) is 11.1. The van der Waals surface area contributed by atoms with Crippen LogP contribution in [0.1, 0.15) is 71.6 Å². The highest BCUT2D eigenvalue weighted by molar-refractivity contribution is 8.00. The number of hydrogen-bond donors (Lipinski definition) is 1. The molecule has 1 aliphatic heterocycles. The Morgan fingerprint density at radius 3 is 2.70 bits per heavy atom. The Labute approximate surface area is 169 Å². The van der Waals surface area contributed by atoms with Crippen molar-refractivity contribution >= 4 is 17.5 Å². The number of thioether (sulfide) groups is 1. The molecule has 5 rings (SSSR count). The van der Waals surface area contributed by atoms with Crippen LogP contribution in [0, 0.1) is 34.5 Å². The van der Waals surface area contributed by atoms with E-state index in [1.165, 1.54) is 57.2 Å². The van der Waals surface area contributed by atoms with Crippen LogP contribution in [0.4, 0.5) is 0 Å². The van der Waals surface area contributed by atoms with Gasteiger partial charge in [-0.15, -0.1) is 0 Å². The molecule has 3 heteroatoms. The summed E-state index contributed by atoms with van der Waals surface area (Å²) in [5.41, 5.74) is 1.97. The molecule has 0 aromatic rings. The van der Waals surface area contributed by atoms with E-state index in [1.54, 1.807) is 0 Å². The Hall–Kier alpha value is -0.280. The molecule has 150 valence electrons. The highest BCUT2D eigenvalue weighted by Gasteiger charge is 2.61. The predicted molar refractivity (Wildman–Crippen MR) is 114 cm³/mol. The Kier molecular flexibility index (Phi) is 4.59. The molecule has 0 aromatic heterocycles. The molecule has 0 radical (unpaired) electrons. The zero-order chi connectivity index (χ0) is 18.8. The average molecular weight is 388 g/mol. The van der Waals surface area contributed by atoms with E-state index in [-0.39, 0.29) is 5.41 Å². The van der Waals surface area contributed by atoms with Gasteiger partial charge >= 0.3 is 0 Å².